The Bertz CT molecular complexity index is 571. The Labute approximate surface area is 118 Å². The maximum Gasteiger partial charge on any atom is 0.445 e. The van der Waals surface area contributed by atoms with E-state index in [-0.39, 0.29) is 4.34 Å². The predicted molar refractivity (Wildman–Crippen MR) is 65.5 cm³/mol. The Morgan fingerprint density at radius 1 is 1.11 bits per heavy atom. The molecule has 0 unspecified atom stereocenters. The van der Waals surface area contributed by atoms with Gasteiger partial charge in [0.1, 0.15) is 0 Å². The van der Waals surface area contributed by atoms with Gasteiger partial charge >= 0.3 is 6.18 Å². The summed E-state index contributed by atoms with van der Waals surface area (Å²) in [5.74, 6) is 0. The van der Waals surface area contributed by atoms with Crippen LogP contribution in [0.15, 0.2) is 27.4 Å². The van der Waals surface area contributed by atoms with Crippen LogP contribution in [0.1, 0.15) is 5.01 Å². The van der Waals surface area contributed by atoms with Crippen LogP contribution in [0.25, 0.3) is 0 Å². The minimum atomic E-state index is -4.46. The van der Waals surface area contributed by atoms with E-state index in [1.54, 1.807) is 18.2 Å². The van der Waals surface area contributed by atoms with Crippen molar-refractivity contribution in [3.63, 3.8) is 0 Å². The van der Waals surface area contributed by atoms with Crippen molar-refractivity contribution < 1.29 is 13.2 Å². The summed E-state index contributed by atoms with van der Waals surface area (Å²) in [5.41, 5.74) is 0. The lowest BCUT2D eigenvalue weighted by Gasteiger charge is -2.00. The normalized spacial score (nSPS) is 11.8. The molecule has 0 aliphatic carbocycles. The van der Waals surface area contributed by atoms with Crippen molar-refractivity contribution in [1.29, 1.82) is 0 Å². The van der Waals surface area contributed by atoms with Crippen molar-refractivity contribution in [3.8, 4) is 0 Å². The predicted octanol–water partition coefficient (Wildman–Crippen LogP) is 5.01. The summed E-state index contributed by atoms with van der Waals surface area (Å²) in [6.45, 7) is 0. The average Bonchev–Trinajstić information content (AvgIpc) is 2.72. The van der Waals surface area contributed by atoms with Gasteiger partial charge in [-0.25, -0.2) is 0 Å². The molecule has 9 heteroatoms. The average molecular weight is 331 g/mol. The molecule has 2 rings (SSSR count). The number of hydrogen-bond acceptors (Lipinski definition) is 4. The number of aromatic nitrogens is 2. The molecule has 1 heterocycles. The third-order valence-electron chi connectivity index (χ3n) is 1.75. The quantitative estimate of drug-likeness (QED) is 0.773. The SMILES string of the molecule is FC(F)(F)c1nnc(Sc2ccc(Cl)c(Cl)c2)s1. The first kappa shape index (κ1) is 13.9. The number of nitrogens with zero attached hydrogens (tertiary/aromatic N) is 2. The summed E-state index contributed by atoms with van der Waals surface area (Å²) in [6.07, 6.45) is -4.46. The molecule has 0 aliphatic heterocycles. The zero-order chi connectivity index (χ0) is 13.3. The van der Waals surface area contributed by atoms with Crippen LogP contribution < -0.4 is 0 Å². The monoisotopic (exact) mass is 330 g/mol. The molecular weight excluding hydrogens is 328 g/mol. The van der Waals surface area contributed by atoms with Crippen LogP contribution in [0.4, 0.5) is 13.2 Å². The van der Waals surface area contributed by atoms with Gasteiger partial charge in [0.2, 0.25) is 5.01 Å². The van der Waals surface area contributed by atoms with Gasteiger partial charge in [-0.1, -0.05) is 46.3 Å². The van der Waals surface area contributed by atoms with E-state index in [2.05, 4.69) is 10.2 Å². The number of benzene rings is 1. The third-order valence-corrected chi connectivity index (χ3v) is 4.49. The lowest BCUT2D eigenvalue weighted by Crippen LogP contribution is -2.03. The summed E-state index contributed by atoms with van der Waals surface area (Å²) < 4.78 is 37.1. The first-order chi connectivity index (χ1) is 8.36. The van der Waals surface area contributed by atoms with Gasteiger partial charge in [0.25, 0.3) is 0 Å². The third kappa shape index (κ3) is 3.28. The molecule has 2 aromatic rings. The summed E-state index contributed by atoms with van der Waals surface area (Å²) in [6, 6.07) is 4.77. The second-order valence-corrected chi connectivity index (χ2v) is 6.16. The number of halogens is 5. The van der Waals surface area contributed by atoms with E-state index >= 15 is 0 Å². The second-order valence-electron chi connectivity index (χ2n) is 3.05. The zero-order valence-electron chi connectivity index (χ0n) is 8.33. The minimum Gasteiger partial charge on any atom is -0.164 e. The lowest BCUT2D eigenvalue weighted by molar-refractivity contribution is -0.138. The number of rotatable bonds is 2. The maximum atomic E-state index is 12.3. The summed E-state index contributed by atoms with van der Waals surface area (Å²) in [7, 11) is 0. The molecule has 0 fully saturated rings. The summed E-state index contributed by atoms with van der Waals surface area (Å²) in [5, 5.41) is 6.30. The Kier molecular flexibility index (Phi) is 4.05. The molecule has 0 saturated carbocycles. The Balaban J connectivity index is 2.19. The highest BCUT2D eigenvalue weighted by Gasteiger charge is 2.35. The van der Waals surface area contributed by atoms with Gasteiger partial charge in [-0.2, -0.15) is 13.2 Å². The van der Waals surface area contributed by atoms with Crippen LogP contribution in [-0.2, 0) is 6.18 Å². The zero-order valence-corrected chi connectivity index (χ0v) is 11.5. The fourth-order valence-corrected chi connectivity index (χ4v) is 3.10. The molecule has 0 N–H and O–H groups in total. The second kappa shape index (κ2) is 5.24. The molecule has 0 amide bonds. The van der Waals surface area contributed by atoms with E-state index in [4.69, 9.17) is 23.2 Å². The van der Waals surface area contributed by atoms with Crippen molar-refractivity contribution in [2.75, 3.05) is 0 Å². The Hall–Kier alpha value is -0.500. The van der Waals surface area contributed by atoms with Gasteiger partial charge in [0.05, 0.1) is 10.0 Å². The molecule has 18 heavy (non-hydrogen) atoms. The smallest absolute Gasteiger partial charge is 0.164 e. The topological polar surface area (TPSA) is 25.8 Å². The van der Waals surface area contributed by atoms with Gasteiger partial charge in [0.15, 0.2) is 4.34 Å². The van der Waals surface area contributed by atoms with E-state index in [9.17, 15) is 13.2 Å². The Morgan fingerprint density at radius 2 is 1.83 bits per heavy atom. The van der Waals surface area contributed by atoms with Crippen LogP contribution in [0, 0.1) is 0 Å². The highest BCUT2D eigenvalue weighted by Crippen LogP contribution is 2.38. The van der Waals surface area contributed by atoms with Crippen molar-refractivity contribution in [2.45, 2.75) is 15.4 Å². The van der Waals surface area contributed by atoms with E-state index in [1.807, 2.05) is 0 Å². The van der Waals surface area contributed by atoms with Crippen molar-refractivity contribution >= 4 is 46.3 Å². The van der Waals surface area contributed by atoms with Crippen LogP contribution in [0.3, 0.4) is 0 Å². The first-order valence-electron chi connectivity index (χ1n) is 4.40. The van der Waals surface area contributed by atoms with Crippen molar-refractivity contribution in [1.82, 2.24) is 10.2 Å². The molecule has 1 aromatic carbocycles. The highest BCUT2D eigenvalue weighted by molar-refractivity contribution is 8.01. The van der Waals surface area contributed by atoms with E-state index in [1.165, 1.54) is 0 Å². The van der Waals surface area contributed by atoms with Gasteiger partial charge in [-0.3, -0.25) is 0 Å². The van der Waals surface area contributed by atoms with Gasteiger partial charge in [-0.15, -0.1) is 10.2 Å². The van der Waals surface area contributed by atoms with Gasteiger partial charge < -0.3 is 0 Å². The molecule has 0 spiro atoms. The fourth-order valence-electron chi connectivity index (χ4n) is 1.01. The van der Waals surface area contributed by atoms with Gasteiger partial charge in [-0.05, 0) is 18.2 Å². The van der Waals surface area contributed by atoms with E-state index in [0.29, 0.717) is 26.3 Å². The van der Waals surface area contributed by atoms with E-state index in [0.717, 1.165) is 11.8 Å². The van der Waals surface area contributed by atoms with Crippen molar-refractivity contribution in [2.24, 2.45) is 0 Å². The molecule has 96 valence electrons. The van der Waals surface area contributed by atoms with Crippen LogP contribution >= 0.6 is 46.3 Å². The molecule has 0 saturated heterocycles. The van der Waals surface area contributed by atoms with Crippen LogP contribution in [-0.4, -0.2) is 10.2 Å². The Morgan fingerprint density at radius 3 is 2.39 bits per heavy atom. The number of alkyl halides is 3. The summed E-state index contributed by atoms with van der Waals surface area (Å²) >= 11 is 13.1. The molecule has 0 radical (unpaired) electrons. The molecule has 2 nitrogen and oxygen atoms in total. The van der Waals surface area contributed by atoms with E-state index < -0.39 is 11.2 Å². The number of hydrogen-bond donors (Lipinski definition) is 0. The summed E-state index contributed by atoms with van der Waals surface area (Å²) in [4.78, 5) is 0.647. The first-order valence-corrected chi connectivity index (χ1v) is 6.79. The maximum absolute atomic E-state index is 12.3. The largest absolute Gasteiger partial charge is 0.445 e. The van der Waals surface area contributed by atoms with Gasteiger partial charge in [0, 0.05) is 4.90 Å². The molecule has 0 atom stereocenters. The molecule has 0 aliphatic rings. The highest BCUT2D eigenvalue weighted by atomic mass is 35.5. The minimum absolute atomic E-state index is 0.195. The molecule has 1 aromatic heterocycles. The standard InChI is InChI=1S/C9H3Cl2F3N2S2/c10-5-2-1-4(3-6(5)11)17-8-16-15-7(18-8)9(12,13)14/h1-3H. The molecular formula is C9H3Cl2F3N2S2. The fraction of sp³-hybridized carbons (Fsp3) is 0.111. The lowest BCUT2D eigenvalue weighted by atomic mass is 10.4. The van der Waals surface area contributed by atoms with Crippen LogP contribution in [0.2, 0.25) is 10.0 Å². The van der Waals surface area contributed by atoms with Crippen molar-refractivity contribution in [3.05, 3.63) is 33.3 Å². The van der Waals surface area contributed by atoms with Crippen LogP contribution in [0.5, 0.6) is 0 Å². The molecule has 0 bridgehead atoms.